The van der Waals surface area contributed by atoms with Gasteiger partial charge in [0.05, 0.1) is 4.90 Å². The molecule has 0 aliphatic carbocycles. The summed E-state index contributed by atoms with van der Waals surface area (Å²) in [7, 11) is -3.69. The zero-order valence-corrected chi connectivity index (χ0v) is 19.0. The zero-order chi connectivity index (χ0) is 23.0. The van der Waals surface area contributed by atoms with E-state index in [1.165, 1.54) is 16.4 Å². The van der Waals surface area contributed by atoms with E-state index in [0.29, 0.717) is 25.9 Å². The molecule has 0 radical (unpaired) electrons. The second-order valence-electron chi connectivity index (χ2n) is 8.74. The summed E-state index contributed by atoms with van der Waals surface area (Å²) >= 11 is 0. The smallest absolute Gasteiger partial charge is 0.243 e. The number of sulfonamides is 1. The van der Waals surface area contributed by atoms with E-state index in [9.17, 15) is 17.6 Å². The van der Waals surface area contributed by atoms with Gasteiger partial charge in [-0.25, -0.2) is 12.8 Å². The van der Waals surface area contributed by atoms with Crippen molar-refractivity contribution in [3.8, 4) is 0 Å². The van der Waals surface area contributed by atoms with Gasteiger partial charge in [0.25, 0.3) is 0 Å². The second kappa shape index (κ2) is 8.83. The number of halogens is 1. The molecule has 5 rings (SSSR count). The fourth-order valence-electron chi connectivity index (χ4n) is 4.88. The van der Waals surface area contributed by atoms with Gasteiger partial charge < -0.3 is 4.90 Å². The van der Waals surface area contributed by atoms with E-state index in [0.717, 1.165) is 36.4 Å². The minimum atomic E-state index is -3.69. The monoisotopic (exact) mass is 471 g/mol. The molecule has 1 aromatic carbocycles. The van der Waals surface area contributed by atoms with E-state index in [1.807, 2.05) is 33.7 Å². The Hall–Kier alpha value is -2.85. The largest absolute Gasteiger partial charge is 0.342 e. The number of rotatable bonds is 4. The number of likely N-dealkylation sites (tertiary alicyclic amines) is 1. The Balaban J connectivity index is 1.23. The number of hydrogen-bond acceptors (Lipinski definition) is 5. The standard InChI is InChI=1S/C23H26FN5O3S/c24-19-6-8-20(9-7-19)33(31,32)28-14-10-17(11-15-28)23(30)27-12-3-4-18(16-27)22-26-25-21-5-1-2-13-29(21)22/h1-2,5-9,13,17-18H,3-4,10-12,14-16H2/t18-/m0/s1. The first-order chi connectivity index (χ1) is 15.9. The van der Waals surface area contributed by atoms with Gasteiger partial charge in [0.2, 0.25) is 15.9 Å². The molecule has 2 fully saturated rings. The molecule has 1 amide bonds. The van der Waals surface area contributed by atoms with E-state index in [-0.39, 0.29) is 35.7 Å². The summed E-state index contributed by atoms with van der Waals surface area (Å²) in [6, 6.07) is 10.6. The molecule has 2 aliphatic heterocycles. The van der Waals surface area contributed by atoms with Gasteiger partial charge in [0, 0.05) is 44.2 Å². The average Bonchev–Trinajstić information content (AvgIpc) is 3.28. The van der Waals surface area contributed by atoms with E-state index >= 15 is 0 Å². The van der Waals surface area contributed by atoms with Gasteiger partial charge in [-0.05, 0) is 62.1 Å². The number of aromatic nitrogens is 3. The van der Waals surface area contributed by atoms with Crippen LogP contribution in [0.15, 0.2) is 53.6 Å². The van der Waals surface area contributed by atoms with E-state index in [1.54, 1.807) is 0 Å². The zero-order valence-electron chi connectivity index (χ0n) is 18.2. The van der Waals surface area contributed by atoms with E-state index < -0.39 is 15.8 Å². The molecule has 0 spiro atoms. The molecule has 0 unspecified atom stereocenters. The summed E-state index contributed by atoms with van der Waals surface area (Å²) in [6.45, 7) is 1.87. The van der Waals surface area contributed by atoms with Crippen LogP contribution < -0.4 is 0 Å². The Labute approximate surface area is 192 Å². The van der Waals surface area contributed by atoms with Crippen LogP contribution in [-0.2, 0) is 14.8 Å². The van der Waals surface area contributed by atoms with Crippen LogP contribution in [0, 0.1) is 11.7 Å². The molecule has 8 nitrogen and oxygen atoms in total. The van der Waals surface area contributed by atoms with Crippen molar-refractivity contribution in [1.82, 2.24) is 23.8 Å². The predicted octanol–water partition coefficient (Wildman–Crippen LogP) is 2.68. The molecule has 174 valence electrons. The number of hydrogen-bond donors (Lipinski definition) is 0. The Morgan fingerprint density at radius 2 is 1.73 bits per heavy atom. The van der Waals surface area contributed by atoms with Crippen LogP contribution in [0.25, 0.3) is 5.65 Å². The molecule has 0 saturated carbocycles. The molecule has 33 heavy (non-hydrogen) atoms. The van der Waals surface area contributed by atoms with Gasteiger partial charge in [-0.3, -0.25) is 9.20 Å². The highest BCUT2D eigenvalue weighted by atomic mass is 32.2. The number of carbonyl (C=O) groups is 1. The lowest BCUT2D eigenvalue weighted by Gasteiger charge is -2.37. The van der Waals surface area contributed by atoms with Crippen LogP contribution in [0.2, 0.25) is 0 Å². The molecule has 3 aromatic rings. The molecule has 10 heteroatoms. The van der Waals surface area contributed by atoms with Gasteiger partial charge in [-0.15, -0.1) is 10.2 Å². The van der Waals surface area contributed by atoms with Gasteiger partial charge in [-0.2, -0.15) is 4.31 Å². The SMILES string of the molecule is O=C(C1CCN(S(=O)(=O)c2ccc(F)cc2)CC1)N1CCC[C@H](c2nnc3ccccn23)C1. The molecule has 2 aliphatic rings. The van der Waals surface area contributed by atoms with Crippen molar-refractivity contribution in [2.24, 2.45) is 5.92 Å². The second-order valence-corrected chi connectivity index (χ2v) is 10.7. The molecular weight excluding hydrogens is 445 g/mol. The van der Waals surface area contributed by atoms with E-state index in [4.69, 9.17) is 0 Å². The van der Waals surface area contributed by atoms with Crippen molar-refractivity contribution in [2.45, 2.75) is 36.5 Å². The predicted molar refractivity (Wildman–Crippen MR) is 119 cm³/mol. The molecular formula is C23H26FN5O3S. The fourth-order valence-corrected chi connectivity index (χ4v) is 6.35. The van der Waals surface area contributed by atoms with Crippen LogP contribution >= 0.6 is 0 Å². The van der Waals surface area contributed by atoms with Crippen LogP contribution in [0.4, 0.5) is 4.39 Å². The Kier molecular flexibility index (Phi) is 5.88. The third-order valence-electron chi connectivity index (χ3n) is 6.69. The van der Waals surface area contributed by atoms with E-state index in [2.05, 4.69) is 10.2 Å². The van der Waals surface area contributed by atoms with Crippen molar-refractivity contribution in [3.63, 3.8) is 0 Å². The quantitative estimate of drug-likeness (QED) is 0.584. The highest BCUT2D eigenvalue weighted by Gasteiger charge is 2.36. The van der Waals surface area contributed by atoms with Crippen molar-refractivity contribution in [1.29, 1.82) is 0 Å². The third kappa shape index (κ3) is 4.24. The maximum Gasteiger partial charge on any atom is 0.243 e. The Bertz CT molecular complexity index is 1250. The minimum absolute atomic E-state index is 0.0769. The number of carbonyl (C=O) groups excluding carboxylic acids is 1. The lowest BCUT2D eigenvalue weighted by atomic mass is 9.92. The molecule has 0 bridgehead atoms. The number of amides is 1. The third-order valence-corrected chi connectivity index (χ3v) is 8.61. The lowest BCUT2D eigenvalue weighted by molar-refractivity contribution is -0.138. The maximum atomic E-state index is 13.3. The topological polar surface area (TPSA) is 87.9 Å². The normalized spacial score (nSPS) is 20.9. The average molecular weight is 472 g/mol. The Morgan fingerprint density at radius 1 is 0.970 bits per heavy atom. The van der Waals surface area contributed by atoms with Crippen LogP contribution in [0.5, 0.6) is 0 Å². The number of benzene rings is 1. The summed E-state index contributed by atoms with van der Waals surface area (Å²) in [6.07, 6.45) is 4.76. The number of piperidine rings is 2. The van der Waals surface area contributed by atoms with Crippen molar-refractivity contribution >= 4 is 21.6 Å². The summed E-state index contributed by atoms with van der Waals surface area (Å²) in [5.74, 6) is 0.422. The highest BCUT2D eigenvalue weighted by Crippen LogP contribution is 2.30. The van der Waals surface area contributed by atoms with Crippen LogP contribution in [0.3, 0.4) is 0 Å². The van der Waals surface area contributed by atoms with Gasteiger partial charge in [0.15, 0.2) is 5.65 Å². The van der Waals surface area contributed by atoms with Gasteiger partial charge >= 0.3 is 0 Å². The van der Waals surface area contributed by atoms with Crippen LogP contribution in [-0.4, -0.2) is 64.3 Å². The molecule has 0 N–H and O–H groups in total. The fraction of sp³-hybridized carbons (Fsp3) is 0.435. The molecule has 1 atom stereocenters. The summed E-state index contributed by atoms with van der Waals surface area (Å²) in [4.78, 5) is 15.3. The first kappa shape index (κ1) is 22.0. The first-order valence-corrected chi connectivity index (χ1v) is 12.7. The molecule has 2 aromatic heterocycles. The Morgan fingerprint density at radius 3 is 2.48 bits per heavy atom. The van der Waals surface area contributed by atoms with Crippen molar-refractivity contribution < 1.29 is 17.6 Å². The lowest BCUT2D eigenvalue weighted by Crippen LogP contribution is -2.47. The number of fused-ring (bicyclic) bond motifs is 1. The minimum Gasteiger partial charge on any atom is -0.342 e. The summed E-state index contributed by atoms with van der Waals surface area (Å²) in [5.41, 5.74) is 0.797. The van der Waals surface area contributed by atoms with Crippen molar-refractivity contribution in [3.05, 3.63) is 60.3 Å². The van der Waals surface area contributed by atoms with Crippen LogP contribution in [0.1, 0.15) is 37.4 Å². The van der Waals surface area contributed by atoms with Crippen molar-refractivity contribution in [2.75, 3.05) is 26.2 Å². The van der Waals surface area contributed by atoms with Gasteiger partial charge in [0.1, 0.15) is 11.6 Å². The summed E-state index contributed by atoms with van der Waals surface area (Å²) in [5, 5.41) is 8.62. The summed E-state index contributed by atoms with van der Waals surface area (Å²) < 4.78 is 42.2. The maximum absolute atomic E-state index is 13.3. The number of nitrogens with zero attached hydrogens (tertiary/aromatic N) is 5. The molecule has 4 heterocycles. The first-order valence-electron chi connectivity index (χ1n) is 11.3. The van der Waals surface area contributed by atoms with Gasteiger partial charge in [-0.1, -0.05) is 6.07 Å². The highest BCUT2D eigenvalue weighted by molar-refractivity contribution is 7.89. The molecule has 2 saturated heterocycles. The number of pyridine rings is 1.